The SMILES string of the molecule is CCN1C(=O)C(C)(C)C(=O)N(C)c2cc(OCCCN(CCc3cccnc3)C(=O)c3ccsc3)ccc21. The summed E-state index contributed by atoms with van der Waals surface area (Å²) in [5.41, 5.74) is 1.95. The highest BCUT2D eigenvalue weighted by atomic mass is 32.1. The Labute approximate surface area is 227 Å². The summed E-state index contributed by atoms with van der Waals surface area (Å²) in [5, 5.41) is 3.78. The minimum atomic E-state index is -1.15. The summed E-state index contributed by atoms with van der Waals surface area (Å²) >= 11 is 1.51. The van der Waals surface area contributed by atoms with Crippen LogP contribution in [0.25, 0.3) is 0 Å². The lowest BCUT2D eigenvalue weighted by Crippen LogP contribution is -2.47. The molecule has 0 saturated carbocycles. The van der Waals surface area contributed by atoms with E-state index in [9.17, 15) is 14.4 Å². The van der Waals surface area contributed by atoms with E-state index < -0.39 is 5.41 Å². The lowest BCUT2D eigenvalue weighted by atomic mass is 9.90. The maximum absolute atomic E-state index is 13.1. The second-order valence-electron chi connectivity index (χ2n) is 9.81. The molecular weight excluding hydrogens is 500 g/mol. The second kappa shape index (κ2) is 11.8. The monoisotopic (exact) mass is 534 g/mol. The van der Waals surface area contributed by atoms with Crippen LogP contribution in [0.4, 0.5) is 11.4 Å². The highest BCUT2D eigenvalue weighted by Crippen LogP contribution is 2.40. The number of anilines is 2. The van der Waals surface area contributed by atoms with E-state index in [0.717, 1.165) is 12.0 Å². The van der Waals surface area contributed by atoms with Crippen LogP contribution in [0.3, 0.4) is 0 Å². The van der Waals surface area contributed by atoms with Gasteiger partial charge in [0.15, 0.2) is 0 Å². The van der Waals surface area contributed by atoms with Crippen LogP contribution in [0.1, 0.15) is 43.1 Å². The molecule has 2 aromatic heterocycles. The van der Waals surface area contributed by atoms with E-state index in [-0.39, 0.29) is 17.7 Å². The first-order chi connectivity index (χ1) is 18.2. The first-order valence-electron chi connectivity index (χ1n) is 12.8. The number of aromatic nitrogens is 1. The average Bonchev–Trinajstić information content (AvgIpc) is 3.46. The van der Waals surface area contributed by atoms with Gasteiger partial charge in [-0.05, 0) is 68.8 Å². The van der Waals surface area contributed by atoms with Crippen molar-refractivity contribution in [1.82, 2.24) is 9.88 Å². The quantitative estimate of drug-likeness (QED) is 0.279. The maximum atomic E-state index is 13.1. The molecule has 0 N–H and O–H groups in total. The summed E-state index contributed by atoms with van der Waals surface area (Å²) in [4.78, 5) is 48.4. The Hall–Kier alpha value is -3.72. The van der Waals surface area contributed by atoms with Crippen molar-refractivity contribution in [3.63, 3.8) is 0 Å². The number of amides is 3. The number of nitrogens with zero attached hydrogens (tertiary/aromatic N) is 4. The van der Waals surface area contributed by atoms with Crippen LogP contribution in [-0.2, 0) is 16.0 Å². The topological polar surface area (TPSA) is 83.1 Å². The lowest BCUT2D eigenvalue weighted by molar-refractivity contribution is -0.137. The van der Waals surface area contributed by atoms with E-state index in [4.69, 9.17) is 4.74 Å². The van der Waals surface area contributed by atoms with Crippen molar-refractivity contribution in [2.24, 2.45) is 5.41 Å². The third kappa shape index (κ3) is 5.72. The zero-order chi connectivity index (χ0) is 27.3. The molecule has 0 radical (unpaired) electrons. The Morgan fingerprint density at radius 1 is 1.11 bits per heavy atom. The van der Waals surface area contributed by atoms with Crippen LogP contribution < -0.4 is 14.5 Å². The molecule has 1 aliphatic heterocycles. The van der Waals surface area contributed by atoms with Crippen molar-refractivity contribution in [2.75, 3.05) is 43.1 Å². The molecule has 200 valence electrons. The number of pyridine rings is 1. The number of ether oxygens (including phenoxy) is 1. The minimum Gasteiger partial charge on any atom is -0.493 e. The minimum absolute atomic E-state index is 0.00671. The third-order valence-electron chi connectivity index (χ3n) is 6.82. The Kier molecular flexibility index (Phi) is 8.46. The van der Waals surface area contributed by atoms with Gasteiger partial charge in [0.25, 0.3) is 5.91 Å². The molecule has 3 heterocycles. The van der Waals surface area contributed by atoms with Crippen LogP contribution in [0.2, 0.25) is 0 Å². The summed E-state index contributed by atoms with van der Waals surface area (Å²) in [5.74, 6) is 0.143. The van der Waals surface area contributed by atoms with Crippen LogP contribution in [0, 0.1) is 5.41 Å². The van der Waals surface area contributed by atoms with Crippen molar-refractivity contribution in [3.8, 4) is 5.75 Å². The number of thiophene rings is 1. The van der Waals surface area contributed by atoms with Crippen LogP contribution in [0.15, 0.2) is 59.6 Å². The van der Waals surface area contributed by atoms with Gasteiger partial charge in [-0.3, -0.25) is 19.4 Å². The summed E-state index contributed by atoms with van der Waals surface area (Å²) in [6, 6.07) is 11.2. The zero-order valence-corrected chi connectivity index (χ0v) is 23.2. The van der Waals surface area contributed by atoms with Gasteiger partial charge in [0.05, 0.1) is 23.5 Å². The predicted molar refractivity (Wildman–Crippen MR) is 150 cm³/mol. The van der Waals surface area contributed by atoms with Crippen molar-refractivity contribution < 1.29 is 19.1 Å². The molecule has 0 bridgehead atoms. The molecule has 3 aromatic rings. The Bertz CT molecular complexity index is 1280. The molecule has 0 aliphatic carbocycles. The van der Waals surface area contributed by atoms with E-state index in [1.54, 1.807) is 38.1 Å². The smallest absolute Gasteiger partial charge is 0.254 e. The van der Waals surface area contributed by atoms with Crippen LogP contribution in [0.5, 0.6) is 5.75 Å². The molecule has 4 rings (SSSR count). The van der Waals surface area contributed by atoms with E-state index >= 15 is 0 Å². The largest absolute Gasteiger partial charge is 0.493 e. The molecule has 0 saturated heterocycles. The first-order valence-corrected chi connectivity index (χ1v) is 13.8. The number of carbonyl (C=O) groups is 3. The molecule has 8 nitrogen and oxygen atoms in total. The fourth-order valence-corrected chi connectivity index (χ4v) is 5.24. The molecule has 0 unspecified atom stereocenters. The Balaban J connectivity index is 1.42. The van der Waals surface area contributed by atoms with Gasteiger partial charge < -0.3 is 19.4 Å². The summed E-state index contributed by atoms with van der Waals surface area (Å²) in [7, 11) is 1.69. The number of hydrogen-bond donors (Lipinski definition) is 0. The van der Waals surface area contributed by atoms with E-state index in [2.05, 4.69) is 4.98 Å². The highest BCUT2D eigenvalue weighted by Gasteiger charge is 2.45. The predicted octanol–water partition coefficient (Wildman–Crippen LogP) is 4.65. The molecule has 0 spiro atoms. The molecule has 3 amide bonds. The van der Waals surface area contributed by atoms with Gasteiger partial charge in [-0.15, -0.1) is 0 Å². The Morgan fingerprint density at radius 3 is 2.61 bits per heavy atom. The van der Waals surface area contributed by atoms with Gasteiger partial charge >= 0.3 is 0 Å². The van der Waals surface area contributed by atoms with Gasteiger partial charge in [0.2, 0.25) is 11.8 Å². The third-order valence-corrected chi connectivity index (χ3v) is 7.51. The van der Waals surface area contributed by atoms with E-state index in [0.29, 0.717) is 55.3 Å². The van der Waals surface area contributed by atoms with Crippen molar-refractivity contribution in [2.45, 2.75) is 33.6 Å². The first kappa shape index (κ1) is 27.3. The number of fused-ring (bicyclic) bond motifs is 1. The Morgan fingerprint density at radius 2 is 1.92 bits per heavy atom. The average molecular weight is 535 g/mol. The number of carbonyl (C=O) groups excluding carboxylic acids is 3. The number of hydrogen-bond acceptors (Lipinski definition) is 6. The lowest BCUT2D eigenvalue weighted by Gasteiger charge is -2.27. The summed E-state index contributed by atoms with van der Waals surface area (Å²) in [6.07, 6.45) is 4.93. The van der Waals surface area contributed by atoms with Crippen LogP contribution >= 0.6 is 11.3 Å². The van der Waals surface area contributed by atoms with Crippen molar-refractivity contribution in [3.05, 3.63) is 70.7 Å². The zero-order valence-electron chi connectivity index (χ0n) is 22.3. The van der Waals surface area contributed by atoms with Gasteiger partial charge in [-0.2, -0.15) is 11.3 Å². The molecule has 0 atom stereocenters. The molecular formula is C29H34N4O4S. The molecule has 38 heavy (non-hydrogen) atoms. The molecule has 0 fully saturated rings. The molecule has 9 heteroatoms. The van der Waals surface area contributed by atoms with Gasteiger partial charge in [-0.1, -0.05) is 6.07 Å². The molecule has 1 aromatic carbocycles. The van der Waals surface area contributed by atoms with Gasteiger partial charge in [-0.25, -0.2) is 0 Å². The fourth-order valence-electron chi connectivity index (χ4n) is 4.61. The number of benzene rings is 1. The maximum Gasteiger partial charge on any atom is 0.254 e. The summed E-state index contributed by atoms with van der Waals surface area (Å²) < 4.78 is 6.04. The fraction of sp³-hybridized carbons (Fsp3) is 0.379. The van der Waals surface area contributed by atoms with E-state index in [1.165, 1.54) is 16.2 Å². The van der Waals surface area contributed by atoms with Gasteiger partial charge in [0.1, 0.15) is 11.2 Å². The standard InChI is InChI=1S/C29H34N4O4S/c1-5-33-24-10-9-23(18-25(24)31(4)27(35)29(2,3)28(33)36)37-16-7-14-32(26(34)22-12-17-38-20-22)15-11-21-8-6-13-30-19-21/h6,8-10,12-13,17-20H,5,7,11,14-16H2,1-4H3. The number of rotatable bonds is 10. The van der Waals surface area contributed by atoms with Crippen LogP contribution in [-0.4, -0.2) is 60.9 Å². The highest BCUT2D eigenvalue weighted by molar-refractivity contribution is 7.08. The van der Waals surface area contributed by atoms with Crippen molar-refractivity contribution >= 4 is 40.4 Å². The summed E-state index contributed by atoms with van der Waals surface area (Å²) in [6.45, 7) is 7.22. The second-order valence-corrected chi connectivity index (χ2v) is 10.6. The van der Waals surface area contributed by atoms with Crippen molar-refractivity contribution in [1.29, 1.82) is 0 Å². The normalized spacial score (nSPS) is 14.7. The molecule has 1 aliphatic rings. The van der Waals surface area contributed by atoms with Gasteiger partial charge in [0, 0.05) is 50.5 Å². The van der Waals surface area contributed by atoms with E-state index in [1.807, 2.05) is 59.1 Å².